The normalized spacial score (nSPS) is 13.4. The number of nitrogens with zero attached hydrogens (tertiary/aromatic N) is 2. The molecule has 2 rings (SSSR count). The molecule has 0 radical (unpaired) electrons. The predicted octanol–water partition coefficient (Wildman–Crippen LogP) is 2.83. The van der Waals surface area contributed by atoms with Crippen LogP contribution in [0.25, 0.3) is 0 Å². The lowest BCUT2D eigenvalue weighted by Gasteiger charge is -2.08. The molecule has 2 aromatic carbocycles. The van der Waals surface area contributed by atoms with Gasteiger partial charge in [-0.3, -0.25) is 13.3 Å². The third-order valence-corrected chi connectivity index (χ3v) is 6.25. The van der Waals surface area contributed by atoms with Crippen LogP contribution in [0.4, 0.5) is 11.4 Å². The van der Waals surface area contributed by atoms with E-state index in [9.17, 15) is 25.6 Å². The van der Waals surface area contributed by atoms with Crippen molar-refractivity contribution in [3.63, 3.8) is 0 Å². The second-order valence-corrected chi connectivity index (χ2v) is 9.88. The summed E-state index contributed by atoms with van der Waals surface area (Å²) < 4.78 is 88.8. The Kier molecular flexibility index (Phi) is 8.58. The van der Waals surface area contributed by atoms with Crippen LogP contribution in [0.2, 0.25) is 0 Å². The molecule has 2 N–H and O–H groups in total. The monoisotopic (exact) mass is 508 g/mol. The Balaban J connectivity index is 2.30. The van der Waals surface area contributed by atoms with Gasteiger partial charge in [-0.05, 0) is 43.2 Å². The van der Waals surface area contributed by atoms with Gasteiger partial charge in [0.1, 0.15) is 16.3 Å². The first-order valence-corrected chi connectivity index (χ1v) is 12.5. The standard InChI is InChI=1S/C17H20N2O10S3/c1-11-8-12(2)16(27-3)10-15(11)19-18-14-5-4-13(9-17(14)31(21,22)23)30(20)28-6-7-29-32(24,25)26/h4-5,8-10H,6-7H2,1-3H3,(H,21,22,23)(H,24,25,26). The fourth-order valence-corrected chi connectivity index (χ4v) is 4.21. The number of rotatable bonds is 10. The van der Waals surface area contributed by atoms with Crippen molar-refractivity contribution in [1.29, 1.82) is 0 Å². The molecule has 32 heavy (non-hydrogen) atoms. The van der Waals surface area contributed by atoms with Crippen LogP contribution in [0, 0.1) is 13.8 Å². The number of hydrogen-bond acceptors (Lipinski definition) is 10. The minimum Gasteiger partial charge on any atom is -0.496 e. The van der Waals surface area contributed by atoms with Gasteiger partial charge in [-0.2, -0.15) is 21.9 Å². The SMILES string of the molecule is COc1cc(N=Nc2ccc(S(=O)OCCOS(=O)(=O)O)cc2S(=O)(=O)O)c(C)cc1C. The molecule has 0 aliphatic carbocycles. The van der Waals surface area contributed by atoms with Crippen molar-refractivity contribution in [2.45, 2.75) is 23.6 Å². The summed E-state index contributed by atoms with van der Waals surface area (Å²) in [7, 11) is -7.96. The van der Waals surface area contributed by atoms with Gasteiger partial charge < -0.3 is 4.74 Å². The zero-order chi connectivity index (χ0) is 24.1. The first-order chi connectivity index (χ1) is 14.8. The summed E-state index contributed by atoms with van der Waals surface area (Å²) >= 11 is -2.24. The van der Waals surface area contributed by atoms with E-state index >= 15 is 0 Å². The molecule has 0 bridgehead atoms. The van der Waals surface area contributed by atoms with Gasteiger partial charge in [-0.25, -0.2) is 8.39 Å². The number of aryl methyl sites for hydroxylation is 2. The maximum Gasteiger partial charge on any atom is 0.397 e. The van der Waals surface area contributed by atoms with E-state index in [1.54, 1.807) is 13.0 Å². The molecule has 0 aromatic heterocycles. The molecule has 1 unspecified atom stereocenters. The largest absolute Gasteiger partial charge is 0.496 e. The van der Waals surface area contributed by atoms with E-state index in [0.717, 1.165) is 17.2 Å². The first-order valence-electron chi connectivity index (χ1n) is 8.67. The van der Waals surface area contributed by atoms with Gasteiger partial charge in [0, 0.05) is 6.07 Å². The van der Waals surface area contributed by atoms with Gasteiger partial charge >= 0.3 is 10.4 Å². The molecule has 0 aliphatic heterocycles. The molecule has 0 heterocycles. The van der Waals surface area contributed by atoms with E-state index in [1.165, 1.54) is 19.2 Å². The third kappa shape index (κ3) is 7.40. The van der Waals surface area contributed by atoms with Gasteiger partial charge in [0.05, 0.1) is 30.9 Å². The maximum absolute atomic E-state index is 12.2. The summed E-state index contributed by atoms with van der Waals surface area (Å²) in [6, 6.07) is 6.70. The van der Waals surface area contributed by atoms with Crippen molar-refractivity contribution < 1.29 is 43.3 Å². The molecule has 2 aromatic rings. The summed E-state index contributed by atoms with van der Waals surface area (Å²) in [5.74, 6) is 0.556. The van der Waals surface area contributed by atoms with Crippen molar-refractivity contribution in [3.8, 4) is 5.75 Å². The van der Waals surface area contributed by atoms with Crippen LogP contribution in [0.15, 0.2) is 50.4 Å². The molecule has 15 heteroatoms. The van der Waals surface area contributed by atoms with Crippen molar-refractivity contribution in [1.82, 2.24) is 0 Å². The zero-order valence-electron chi connectivity index (χ0n) is 17.1. The highest BCUT2D eigenvalue weighted by Gasteiger charge is 2.19. The molecule has 0 spiro atoms. The van der Waals surface area contributed by atoms with Gasteiger partial charge in [0.15, 0.2) is 11.1 Å². The van der Waals surface area contributed by atoms with E-state index < -0.39 is 49.7 Å². The average Bonchev–Trinajstić information content (AvgIpc) is 2.69. The maximum atomic E-state index is 12.2. The quantitative estimate of drug-likeness (QED) is 0.275. The molecular weight excluding hydrogens is 488 g/mol. The van der Waals surface area contributed by atoms with Crippen LogP contribution < -0.4 is 4.74 Å². The Morgan fingerprint density at radius 1 is 0.938 bits per heavy atom. The fraction of sp³-hybridized carbons (Fsp3) is 0.294. The van der Waals surface area contributed by atoms with Crippen LogP contribution in [0.3, 0.4) is 0 Å². The Bertz CT molecular complexity index is 1260. The van der Waals surface area contributed by atoms with E-state index in [4.69, 9.17) is 13.5 Å². The van der Waals surface area contributed by atoms with Crippen molar-refractivity contribution >= 4 is 43.0 Å². The summed E-state index contributed by atoms with van der Waals surface area (Å²) in [5, 5.41) is 7.91. The predicted molar refractivity (Wildman–Crippen MR) is 113 cm³/mol. The summed E-state index contributed by atoms with van der Waals surface area (Å²) in [4.78, 5) is -0.821. The van der Waals surface area contributed by atoms with Crippen LogP contribution >= 0.6 is 0 Å². The number of benzene rings is 2. The van der Waals surface area contributed by atoms with E-state index in [2.05, 4.69) is 14.4 Å². The van der Waals surface area contributed by atoms with Crippen molar-refractivity contribution in [2.75, 3.05) is 20.3 Å². The Morgan fingerprint density at radius 3 is 2.19 bits per heavy atom. The van der Waals surface area contributed by atoms with E-state index in [-0.39, 0.29) is 10.6 Å². The highest BCUT2D eigenvalue weighted by Crippen LogP contribution is 2.32. The second kappa shape index (κ2) is 10.6. The minimum atomic E-state index is -4.77. The molecule has 176 valence electrons. The van der Waals surface area contributed by atoms with Gasteiger partial charge in [0.25, 0.3) is 10.1 Å². The Morgan fingerprint density at radius 2 is 1.59 bits per heavy atom. The first kappa shape index (κ1) is 26.0. The van der Waals surface area contributed by atoms with Crippen LogP contribution in [0.1, 0.15) is 11.1 Å². The Labute approximate surface area is 187 Å². The van der Waals surface area contributed by atoms with Crippen LogP contribution in [-0.2, 0) is 40.0 Å². The third-order valence-electron chi connectivity index (χ3n) is 3.89. The van der Waals surface area contributed by atoms with E-state index in [1.807, 2.05) is 13.0 Å². The average molecular weight is 509 g/mol. The fourth-order valence-electron chi connectivity index (χ4n) is 2.46. The van der Waals surface area contributed by atoms with Gasteiger partial charge in [-0.15, -0.1) is 5.11 Å². The lowest BCUT2D eigenvalue weighted by molar-refractivity contribution is 0.212. The lowest BCUT2D eigenvalue weighted by Crippen LogP contribution is -2.11. The molecular formula is C17H20N2O10S3. The summed E-state index contributed by atoms with van der Waals surface area (Å²) in [6.07, 6.45) is 0. The van der Waals surface area contributed by atoms with Crippen molar-refractivity contribution in [2.24, 2.45) is 10.2 Å². The number of hydrogen-bond donors (Lipinski definition) is 2. The van der Waals surface area contributed by atoms with Crippen LogP contribution in [0.5, 0.6) is 5.75 Å². The van der Waals surface area contributed by atoms with Crippen molar-refractivity contribution in [3.05, 3.63) is 41.5 Å². The molecule has 0 saturated carbocycles. The topological polar surface area (TPSA) is 178 Å². The summed E-state index contributed by atoms with van der Waals surface area (Å²) in [5.41, 5.74) is 1.81. The zero-order valence-corrected chi connectivity index (χ0v) is 19.5. The second-order valence-electron chi connectivity index (χ2n) is 6.22. The lowest BCUT2D eigenvalue weighted by atomic mass is 10.1. The molecule has 0 saturated heterocycles. The minimum absolute atomic E-state index is 0.156. The number of methoxy groups -OCH3 is 1. The Hall–Kier alpha value is -2.27. The summed E-state index contributed by atoms with van der Waals surface area (Å²) in [6.45, 7) is 2.50. The molecule has 12 nitrogen and oxygen atoms in total. The number of ether oxygens (including phenoxy) is 1. The highest BCUT2D eigenvalue weighted by atomic mass is 32.3. The molecule has 0 amide bonds. The van der Waals surface area contributed by atoms with Gasteiger partial charge in [0.2, 0.25) is 0 Å². The molecule has 0 aliphatic rings. The smallest absolute Gasteiger partial charge is 0.397 e. The van der Waals surface area contributed by atoms with Crippen LogP contribution in [-0.4, -0.2) is 50.5 Å². The molecule has 1 atom stereocenters. The number of azo groups is 1. The molecule has 0 fully saturated rings. The van der Waals surface area contributed by atoms with E-state index in [0.29, 0.717) is 11.4 Å². The van der Waals surface area contributed by atoms with Gasteiger partial charge in [-0.1, -0.05) is 6.07 Å². The highest BCUT2D eigenvalue weighted by molar-refractivity contribution is 7.86.